The molecule has 0 atom stereocenters. The molecule has 1 aliphatic rings. The van der Waals surface area contributed by atoms with E-state index in [9.17, 15) is 13.2 Å². The van der Waals surface area contributed by atoms with Crippen LogP contribution >= 0.6 is 24.0 Å². The van der Waals surface area contributed by atoms with E-state index in [0.29, 0.717) is 31.1 Å². The Morgan fingerprint density at radius 3 is 2.54 bits per heavy atom. The zero-order valence-corrected chi connectivity index (χ0v) is 18.8. The van der Waals surface area contributed by atoms with Crippen LogP contribution in [0.25, 0.3) is 0 Å². The molecule has 160 valence electrons. The fraction of sp³-hybridized carbons (Fsp3) is 0.667. The molecule has 0 unspecified atom stereocenters. The highest BCUT2D eigenvalue weighted by molar-refractivity contribution is 14.0. The minimum Gasteiger partial charge on any atom is -0.368 e. The summed E-state index contributed by atoms with van der Waals surface area (Å²) in [6.45, 7) is 7.23. The van der Waals surface area contributed by atoms with Crippen molar-refractivity contribution in [3.8, 4) is 0 Å². The van der Waals surface area contributed by atoms with Gasteiger partial charge in [0.15, 0.2) is 5.96 Å². The molecule has 6 nitrogen and oxygen atoms in total. The summed E-state index contributed by atoms with van der Waals surface area (Å²) < 4.78 is 38.9. The maximum absolute atomic E-state index is 13.0. The highest BCUT2D eigenvalue weighted by atomic mass is 127. The molecule has 2 heterocycles. The molecule has 3 N–H and O–H groups in total. The van der Waals surface area contributed by atoms with E-state index in [4.69, 9.17) is 0 Å². The summed E-state index contributed by atoms with van der Waals surface area (Å²) in [5.41, 5.74) is -0.760. The number of pyridine rings is 1. The van der Waals surface area contributed by atoms with Crippen LogP contribution in [-0.2, 0) is 6.18 Å². The second kappa shape index (κ2) is 11.6. The second-order valence-corrected chi connectivity index (χ2v) is 6.87. The molecule has 0 bridgehead atoms. The Hall–Kier alpha value is -1.30. The van der Waals surface area contributed by atoms with E-state index in [1.807, 2.05) is 0 Å². The second-order valence-electron chi connectivity index (χ2n) is 6.87. The molecule has 10 heteroatoms. The summed E-state index contributed by atoms with van der Waals surface area (Å²) >= 11 is 0. The van der Waals surface area contributed by atoms with E-state index in [2.05, 4.69) is 44.7 Å². The van der Waals surface area contributed by atoms with E-state index in [1.165, 1.54) is 12.3 Å². The molecule has 28 heavy (non-hydrogen) atoms. The maximum atomic E-state index is 13.0. The summed E-state index contributed by atoms with van der Waals surface area (Å²) in [6, 6.07) is 3.21. The molecule has 2 rings (SSSR count). The Morgan fingerprint density at radius 1 is 1.29 bits per heavy atom. The van der Waals surface area contributed by atoms with Gasteiger partial charge in [-0.2, -0.15) is 13.2 Å². The van der Waals surface area contributed by atoms with Crippen LogP contribution in [0.3, 0.4) is 0 Å². The average molecular weight is 514 g/mol. The van der Waals surface area contributed by atoms with Gasteiger partial charge < -0.3 is 20.9 Å². The Labute approximate surface area is 181 Å². The van der Waals surface area contributed by atoms with Crippen molar-refractivity contribution in [3.05, 3.63) is 23.9 Å². The summed E-state index contributed by atoms with van der Waals surface area (Å²) in [4.78, 5) is 10.4. The van der Waals surface area contributed by atoms with Crippen molar-refractivity contribution >= 4 is 35.8 Å². The number of anilines is 1. The first-order valence-electron chi connectivity index (χ1n) is 9.28. The van der Waals surface area contributed by atoms with Gasteiger partial charge >= 0.3 is 6.18 Å². The minimum atomic E-state index is -4.42. The van der Waals surface area contributed by atoms with E-state index in [-0.39, 0.29) is 29.8 Å². The standard InChI is InChI=1S/C18H29F3N6.HI/c1-13(2)27-11-6-14(7-12-27)26-17(22-3)25-10-9-24-16-15(18(19,20)21)5-4-8-23-16;/h4-5,8,13-14H,6-7,9-12H2,1-3H3,(H,23,24)(H2,22,25,26);1H. The number of alkyl halides is 3. The number of aromatic nitrogens is 1. The van der Waals surface area contributed by atoms with Crippen molar-refractivity contribution in [3.63, 3.8) is 0 Å². The molecule has 0 aliphatic carbocycles. The van der Waals surface area contributed by atoms with Gasteiger partial charge in [-0.05, 0) is 38.8 Å². The lowest BCUT2D eigenvalue weighted by atomic mass is 10.0. The zero-order chi connectivity index (χ0) is 19.9. The van der Waals surface area contributed by atoms with Crippen LogP contribution < -0.4 is 16.0 Å². The zero-order valence-electron chi connectivity index (χ0n) is 16.5. The topological polar surface area (TPSA) is 64.6 Å². The van der Waals surface area contributed by atoms with E-state index in [1.54, 1.807) is 7.05 Å². The van der Waals surface area contributed by atoms with Crippen LogP contribution in [0.15, 0.2) is 23.3 Å². The van der Waals surface area contributed by atoms with Crippen LogP contribution in [0.1, 0.15) is 32.3 Å². The van der Waals surface area contributed by atoms with Gasteiger partial charge in [0.25, 0.3) is 0 Å². The highest BCUT2D eigenvalue weighted by Gasteiger charge is 2.33. The third-order valence-electron chi connectivity index (χ3n) is 4.65. The lowest BCUT2D eigenvalue weighted by Gasteiger charge is -2.35. The molecule has 0 spiro atoms. The van der Waals surface area contributed by atoms with Gasteiger partial charge in [-0.1, -0.05) is 0 Å². The first-order valence-corrected chi connectivity index (χ1v) is 9.28. The Balaban J connectivity index is 0.00000392. The largest absolute Gasteiger partial charge is 0.419 e. The quantitative estimate of drug-likeness (QED) is 0.236. The van der Waals surface area contributed by atoms with E-state index < -0.39 is 11.7 Å². The van der Waals surface area contributed by atoms with Crippen molar-refractivity contribution in [1.82, 2.24) is 20.5 Å². The van der Waals surface area contributed by atoms with Crippen molar-refractivity contribution in [2.24, 2.45) is 4.99 Å². The normalized spacial score (nSPS) is 16.6. The molecule has 1 aromatic heterocycles. The number of piperidine rings is 1. The number of hydrogen-bond donors (Lipinski definition) is 3. The molecule has 0 amide bonds. The van der Waals surface area contributed by atoms with Gasteiger partial charge in [0.05, 0.1) is 5.56 Å². The van der Waals surface area contributed by atoms with Crippen LogP contribution in [0.4, 0.5) is 19.0 Å². The fourth-order valence-corrected chi connectivity index (χ4v) is 3.08. The summed E-state index contributed by atoms with van der Waals surface area (Å²) in [5.74, 6) is 0.507. The molecule has 0 saturated carbocycles. The lowest BCUT2D eigenvalue weighted by Crippen LogP contribution is -2.50. The maximum Gasteiger partial charge on any atom is 0.419 e. The van der Waals surface area contributed by atoms with Crippen LogP contribution in [0.5, 0.6) is 0 Å². The van der Waals surface area contributed by atoms with Crippen molar-refractivity contribution in [2.75, 3.05) is 38.5 Å². The van der Waals surface area contributed by atoms with Gasteiger partial charge in [-0.15, -0.1) is 24.0 Å². The lowest BCUT2D eigenvalue weighted by molar-refractivity contribution is -0.137. The Morgan fingerprint density at radius 2 is 1.96 bits per heavy atom. The minimum absolute atomic E-state index is 0. The number of aliphatic imine (C=N–C) groups is 1. The SMILES string of the molecule is CN=C(NCCNc1ncccc1C(F)(F)F)NC1CCN(C(C)C)CC1.I. The molecule has 0 radical (unpaired) electrons. The Bertz CT molecular complexity index is 616. The number of hydrogen-bond acceptors (Lipinski definition) is 4. The summed E-state index contributed by atoms with van der Waals surface area (Å²) in [6.07, 6.45) is -0.999. The van der Waals surface area contributed by atoms with Crippen LogP contribution in [0, 0.1) is 0 Å². The third kappa shape index (κ3) is 7.61. The Kier molecular flexibility index (Phi) is 10.3. The summed E-state index contributed by atoms with van der Waals surface area (Å²) in [5, 5.41) is 9.26. The fourth-order valence-electron chi connectivity index (χ4n) is 3.08. The molecule has 1 saturated heterocycles. The molecule has 1 aromatic rings. The molecular weight excluding hydrogens is 484 g/mol. The van der Waals surface area contributed by atoms with Gasteiger partial charge in [-0.25, -0.2) is 4.98 Å². The monoisotopic (exact) mass is 514 g/mol. The van der Waals surface area contributed by atoms with Gasteiger partial charge in [0, 0.05) is 51.5 Å². The van der Waals surface area contributed by atoms with Crippen LogP contribution in [-0.4, -0.2) is 61.2 Å². The van der Waals surface area contributed by atoms with Crippen molar-refractivity contribution < 1.29 is 13.2 Å². The summed E-state index contributed by atoms with van der Waals surface area (Å²) in [7, 11) is 1.69. The number of rotatable bonds is 6. The van der Waals surface area contributed by atoms with Gasteiger partial charge in [0.2, 0.25) is 0 Å². The number of nitrogens with one attached hydrogen (secondary N) is 3. The number of nitrogens with zero attached hydrogens (tertiary/aromatic N) is 3. The highest BCUT2D eigenvalue weighted by Crippen LogP contribution is 2.33. The van der Waals surface area contributed by atoms with E-state index >= 15 is 0 Å². The number of halogens is 4. The first-order chi connectivity index (χ1) is 12.8. The smallest absolute Gasteiger partial charge is 0.368 e. The molecule has 1 fully saturated rings. The number of guanidine groups is 1. The molecular formula is C18H30F3IN6. The van der Waals surface area contributed by atoms with Crippen LogP contribution in [0.2, 0.25) is 0 Å². The molecule has 1 aliphatic heterocycles. The third-order valence-corrected chi connectivity index (χ3v) is 4.65. The van der Waals surface area contributed by atoms with Gasteiger partial charge in [0.1, 0.15) is 5.82 Å². The predicted molar refractivity (Wildman–Crippen MR) is 117 cm³/mol. The van der Waals surface area contributed by atoms with Crippen molar-refractivity contribution in [2.45, 2.75) is 44.9 Å². The number of likely N-dealkylation sites (tertiary alicyclic amines) is 1. The molecule has 0 aromatic carbocycles. The van der Waals surface area contributed by atoms with Crippen molar-refractivity contribution in [1.29, 1.82) is 0 Å². The first kappa shape index (κ1) is 24.7. The predicted octanol–water partition coefficient (Wildman–Crippen LogP) is 3.17. The van der Waals surface area contributed by atoms with E-state index in [0.717, 1.165) is 32.0 Å². The van der Waals surface area contributed by atoms with Gasteiger partial charge in [-0.3, -0.25) is 4.99 Å². The average Bonchev–Trinajstić information content (AvgIpc) is 2.64.